The molecule has 0 bridgehead atoms. The molecule has 0 radical (unpaired) electrons. The van der Waals surface area contributed by atoms with Crippen molar-refractivity contribution in [2.45, 2.75) is 26.3 Å². The van der Waals surface area contributed by atoms with Crippen LogP contribution in [0.1, 0.15) is 36.1 Å². The van der Waals surface area contributed by atoms with E-state index in [0.29, 0.717) is 5.02 Å². The summed E-state index contributed by atoms with van der Waals surface area (Å²) in [5.74, 6) is -0.0950. The Morgan fingerprint density at radius 3 is 2.36 bits per heavy atom. The maximum Gasteiger partial charge on any atom is 0.244 e. The van der Waals surface area contributed by atoms with Crippen LogP contribution in [0.4, 0.5) is 0 Å². The molecule has 0 aliphatic rings. The topological polar surface area (TPSA) is 29.1 Å². The van der Waals surface area contributed by atoms with Gasteiger partial charge >= 0.3 is 0 Å². The molecule has 1 unspecified atom stereocenters. The fourth-order valence-electron chi connectivity index (χ4n) is 2.19. The van der Waals surface area contributed by atoms with Gasteiger partial charge in [0.2, 0.25) is 5.91 Å². The number of nitrogens with one attached hydrogen (secondary N) is 1. The maximum absolute atomic E-state index is 12.1. The quantitative estimate of drug-likeness (QED) is 0.779. The molecule has 114 valence electrons. The standard InChI is InChI=1S/C19H20ClNO/c1-3-18(16-9-4-14(2)5-10-16)21-19(22)13-8-15-6-11-17(20)12-7-15/h4-13,18H,3H2,1-2H3,(H,21,22)/b13-8+. The summed E-state index contributed by atoms with van der Waals surface area (Å²) < 4.78 is 0. The average molecular weight is 314 g/mol. The van der Waals surface area contributed by atoms with Gasteiger partial charge in [0.1, 0.15) is 0 Å². The molecule has 0 aliphatic carbocycles. The van der Waals surface area contributed by atoms with E-state index >= 15 is 0 Å². The van der Waals surface area contributed by atoms with Gasteiger partial charge in [-0.05, 0) is 42.7 Å². The average Bonchev–Trinajstić information content (AvgIpc) is 2.53. The van der Waals surface area contributed by atoms with Crippen molar-refractivity contribution in [1.82, 2.24) is 5.32 Å². The molecule has 0 heterocycles. The zero-order chi connectivity index (χ0) is 15.9. The van der Waals surface area contributed by atoms with E-state index in [9.17, 15) is 4.79 Å². The van der Waals surface area contributed by atoms with Crippen LogP contribution in [0.5, 0.6) is 0 Å². The normalized spacial score (nSPS) is 12.3. The van der Waals surface area contributed by atoms with Crippen molar-refractivity contribution in [3.05, 3.63) is 76.3 Å². The molecule has 1 atom stereocenters. The molecule has 2 nitrogen and oxygen atoms in total. The molecular weight excluding hydrogens is 294 g/mol. The smallest absolute Gasteiger partial charge is 0.244 e. The lowest BCUT2D eigenvalue weighted by molar-refractivity contribution is -0.117. The molecule has 0 spiro atoms. The number of hydrogen-bond acceptors (Lipinski definition) is 1. The molecule has 0 aromatic heterocycles. The Balaban J connectivity index is 2.00. The molecule has 0 fully saturated rings. The summed E-state index contributed by atoms with van der Waals surface area (Å²) in [5.41, 5.74) is 3.29. The van der Waals surface area contributed by atoms with Gasteiger partial charge in [-0.2, -0.15) is 0 Å². The summed E-state index contributed by atoms with van der Waals surface area (Å²) in [6, 6.07) is 15.6. The van der Waals surface area contributed by atoms with Crippen LogP contribution >= 0.6 is 11.6 Å². The predicted molar refractivity (Wildman–Crippen MR) is 92.8 cm³/mol. The van der Waals surface area contributed by atoms with Crippen LogP contribution in [-0.2, 0) is 4.79 Å². The van der Waals surface area contributed by atoms with E-state index in [1.807, 2.05) is 12.1 Å². The van der Waals surface area contributed by atoms with Crippen LogP contribution in [0.3, 0.4) is 0 Å². The number of hydrogen-bond donors (Lipinski definition) is 1. The van der Waals surface area contributed by atoms with Gasteiger partial charge in [-0.25, -0.2) is 0 Å². The molecule has 0 saturated carbocycles. The number of aryl methyl sites for hydroxylation is 1. The van der Waals surface area contributed by atoms with Gasteiger partial charge in [0.15, 0.2) is 0 Å². The second-order valence-electron chi connectivity index (χ2n) is 5.26. The van der Waals surface area contributed by atoms with Gasteiger partial charge in [-0.1, -0.05) is 60.5 Å². The van der Waals surface area contributed by atoms with Gasteiger partial charge in [0.25, 0.3) is 0 Å². The minimum absolute atomic E-state index is 0.0305. The van der Waals surface area contributed by atoms with Gasteiger partial charge in [-0.15, -0.1) is 0 Å². The first-order chi connectivity index (χ1) is 10.6. The van der Waals surface area contributed by atoms with Crippen molar-refractivity contribution in [3.8, 4) is 0 Å². The van der Waals surface area contributed by atoms with Crippen LogP contribution in [0.2, 0.25) is 5.02 Å². The molecule has 2 aromatic rings. The van der Waals surface area contributed by atoms with Gasteiger partial charge < -0.3 is 5.32 Å². The molecule has 2 aromatic carbocycles. The van der Waals surface area contributed by atoms with Crippen LogP contribution in [0.15, 0.2) is 54.6 Å². The van der Waals surface area contributed by atoms with Crippen LogP contribution in [0, 0.1) is 6.92 Å². The Bertz CT molecular complexity index is 644. The van der Waals surface area contributed by atoms with Gasteiger partial charge in [-0.3, -0.25) is 4.79 Å². The Hall–Kier alpha value is -2.06. The molecule has 1 N–H and O–H groups in total. The third-order valence-corrected chi connectivity index (χ3v) is 3.75. The molecule has 1 amide bonds. The fraction of sp³-hybridized carbons (Fsp3) is 0.211. The number of benzene rings is 2. The number of rotatable bonds is 5. The maximum atomic E-state index is 12.1. The minimum atomic E-state index is -0.0950. The molecule has 0 aliphatic heterocycles. The number of carbonyl (C=O) groups excluding carboxylic acids is 1. The van der Waals surface area contributed by atoms with E-state index in [-0.39, 0.29) is 11.9 Å². The Morgan fingerprint density at radius 2 is 1.77 bits per heavy atom. The highest BCUT2D eigenvalue weighted by Crippen LogP contribution is 2.17. The summed E-state index contributed by atoms with van der Waals surface area (Å²) in [6.07, 6.45) is 4.19. The summed E-state index contributed by atoms with van der Waals surface area (Å²) in [7, 11) is 0. The van der Waals surface area contributed by atoms with E-state index in [1.54, 1.807) is 24.3 Å². The highest BCUT2D eigenvalue weighted by atomic mass is 35.5. The van der Waals surface area contributed by atoms with Gasteiger partial charge in [0, 0.05) is 11.1 Å². The summed E-state index contributed by atoms with van der Waals surface area (Å²) in [4.78, 5) is 12.1. The predicted octanol–water partition coefficient (Wildman–Crippen LogP) is 4.93. The Morgan fingerprint density at radius 1 is 1.14 bits per heavy atom. The molecular formula is C19H20ClNO. The largest absolute Gasteiger partial charge is 0.346 e. The van der Waals surface area contributed by atoms with E-state index in [2.05, 4.69) is 43.4 Å². The first-order valence-corrected chi connectivity index (χ1v) is 7.77. The van der Waals surface area contributed by atoms with E-state index in [4.69, 9.17) is 11.6 Å². The summed E-state index contributed by atoms with van der Waals surface area (Å²) >= 11 is 5.84. The second-order valence-corrected chi connectivity index (χ2v) is 5.70. The van der Waals surface area contributed by atoms with Crippen molar-refractivity contribution in [2.24, 2.45) is 0 Å². The lowest BCUT2D eigenvalue weighted by atomic mass is 10.0. The second kappa shape index (κ2) is 7.81. The summed E-state index contributed by atoms with van der Waals surface area (Å²) in [5, 5.41) is 3.72. The highest BCUT2D eigenvalue weighted by molar-refractivity contribution is 6.30. The fourth-order valence-corrected chi connectivity index (χ4v) is 2.31. The van der Waals surface area contributed by atoms with E-state index < -0.39 is 0 Å². The molecule has 2 rings (SSSR count). The van der Waals surface area contributed by atoms with Crippen LogP contribution in [0.25, 0.3) is 6.08 Å². The minimum Gasteiger partial charge on any atom is -0.346 e. The Labute approximate surface area is 136 Å². The van der Waals surface area contributed by atoms with E-state index in [1.165, 1.54) is 5.56 Å². The van der Waals surface area contributed by atoms with Crippen molar-refractivity contribution < 1.29 is 4.79 Å². The van der Waals surface area contributed by atoms with Crippen molar-refractivity contribution in [2.75, 3.05) is 0 Å². The lowest BCUT2D eigenvalue weighted by Crippen LogP contribution is -2.26. The van der Waals surface area contributed by atoms with Crippen molar-refractivity contribution in [1.29, 1.82) is 0 Å². The SMILES string of the molecule is CCC(NC(=O)/C=C/c1ccc(Cl)cc1)c1ccc(C)cc1. The monoisotopic (exact) mass is 313 g/mol. The number of halogens is 1. The zero-order valence-corrected chi connectivity index (χ0v) is 13.6. The zero-order valence-electron chi connectivity index (χ0n) is 12.8. The number of amides is 1. The Kier molecular flexibility index (Phi) is 5.79. The number of carbonyl (C=O) groups is 1. The van der Waals surface area contributed by atoms with Gasteiger partial charge in [0.05, 0.1) is 6.04 Å². The van der Waals surface area contributed by atoms with Crippen LogP contribution in [-0.4, -0.2) is 5.91 Å². The molecule has 0 saturated heterocycles. The van der Waals surface area contributed by atoms with Crippen molar-refractivity contribution in [3.63, 3.8) is 0 Å². The molecule has 22 heavy (non-hydrogen) atoms. The lowest BCUT2D eigenvalue weighted by Gasteiger charge is -2.16. The summed E-state index contributed by atoms with van der Waals surface area (Å²) in [6.45, 7) is 4.12. The van der Waals surface area contributed by atoms with Crippen molar-refractivity contribution >= 4 is 23.6 Å². The third-order valence-electron chi connectivity index (χ3n) is 3.50. The molecule has 3 heteroatoms. The first kappa shape index (κ1) is 16.3. The van der Waals surface area contributed by atoms with Crippen LogP contribution < -0.4 is 5.32 Å². The van der Waals surface area contributed by atoms with E-state index in [0.717, 1.165) is 17.5 Å². The highest BCUT2D eigenvalue weighted by Gasteiger charge is 2.10. The third kappa shape index (κ3) is 4.74. The first-order valence-electron chi connectivity index (χ1n) is 7.39.